The van der Waals surface area contributed by atoms with Gasteiger partial charge in [0.2, 0.25) is 5.91 Å². The Morgan fingerprint density at radius 3 is 2.77 bits per heavy atom. The van der Waals surface area contributed by atoms with Gasteiger partial charge < -0.3 is 10.6 Å². The molecule has 1 heterocycles. The number of hydrogen-bond acceptors (Lipinski definition) is 2. The maximum Gasteiger partial charge on any atom is 0.237 e. The molecule has 2 atom stereocenters. The van der Waals surface area contributed by atoms with E-state index in [2.05, 4.69) is 17.6 Å². The van der Waals surface area contributed by atoms with E-state index in [1.807, 2.05) is 0 Å². The molecule has 0 aromatic rings. The highest BCUT2D eigenvalue weighted by Gasteiger charge is 2.31. The summed E-state index contributed by atoms with van der Waals surface area (Å²) in [6.07, 6.45) is 4.72. The summed E-state index contributed by atoms with van der Waals surface area (Å²) in [5, 5.41) is 6.29. The highest BCUT2D eigenvalue weighted by molar-refractivity contribution is 5.82. The molecule has 1 saturated heterocycles. The Hall–Kier alpha value is -0.570. The van der Waals surface area contributed by atoms with E-state index in [9.17, 15) is 4.79 Å². The van der Waals surface area contributed by atoms with Crippen LogP contribution in [0.15, 0.2) is 0 Å². The van der Waals surface area contributed by atoms with Gasteiger partial charge in [-0.3, -0.25) is 4.79 Å². The van der Waals surface area contributed by atoms with Crippen molar-refractivity contribution < 1.29 is 4.79 Å². The molecular weight excluding hydrogens is 164 g/mol. The fourth-order valence-electron chi connectivity index (χ4n) is 1.95. The molecule has 1 saturated carbocycles. The monoisotopic (exact) mass is 182 g/mol. The van der Waals surface area contributed by atoms with E-state index in [0.29, 0.717) is 6.04 Å². The van der Waals surface area contributed by atoms with E-state index in [0.717, 1.165) is 25.3 Å². The van der Waals surface area contributed by atoms with Gasteiger partial charge in [0.05, 0.1) is 6.04 Å². The van der Waals surface area contributed by atoms with Crippen LogP contribution in [0.25, 0.3) is 0 Å². The van der Waals surface area contributed by atoms with Crippen molar-refractivity contribution in [3.05, 3.63) is 0 Å². The molecule has 1 aliphatic heterocycles. The minimum absolute atomic E-state index is 0.0844. The van der Waals surface area contributed by atoms with Gasteiger partial charge >= 0.3 is 0 Å². The Morgan fingerprint density at radius 2 is 2.23 bits per heavy atom. The third-order valence-corrected chi connectivity index (χ3v) is 3.08. The van der Waals surface area contributed by atoms with Gasteiger partial charge in [-0.1, -0.05) is 0 Å². The van der Waals surface area contributed by atoms with E-state index in [-0.39, 0.29) is 11.9 Å². The normalized spacial score (nSPS) is 30.1. The molecular formula is C10H18N2O. The summed E-state index contributed by atoms with van der Waals surface area (Å²) in [7, 11) is 0. The summed E-state index contributed by atoms with van der Waals surface area (Å²) in [5.41, 5.74) is 0. The van der Waals surface area contributed by atoms with Crippen LogP contribution in [0.1, 0.15) is 32.6 Å². The number of rotatable bonds is 3. The Bertz CT molecular complexity index is 195. The van der Waals surface area contributed by atoms with Crippen molar-refractivity contribution in [3.63, 3.8) is 0 Å². The van der Waals surface area contributed by atoms with Crippen LogP contribution in [-0.2, 0) is 4.79 Å². The first-order valence-corrected chi connectivity index (χ1v) is 5.31. The lowest BCUT2D eigenvalue weighted by Gasteiger charge is -2.16. The molecule has 74 valence electrons. The van der Waals surface area contributed by atoms with Crippen LogP contribution in [0.4, 0.5) is 0 Å². The predicted octanol–water partition coefficient (Wildman–Crippen LogP) is 0.653. The maximum absolute atomic E-state index is 11.6. The molecule has 3 nitrogen and oxygen atoms in total. The fraction of sp³-hybridized carbons (Fsp3) is 0.900. The van der Waals surface area contributed by atoms with Crippen molar-refractivity contribution in [2.75, 3.05) is 6.54 Å². The molecule has 2 unspecified atom stereocenters. The van der Waals surface area contributed by atoms with Crippen molar-refractivity contribution in [1.82, 2.24) is 10.6 Å². The number of hydrogen-bond donors (Lipinski definition) is 2. The number of nitrogens with one attached hydrogen (secondary N) is 2. The SMILES string of the molecule is CC(NC(=O)C1CCCN1)C1CC1. The summed E-state index contributed by atoms with van der Waals surface area (Å²) in [5.74, 6) is 0.960. The zero-order valence-electron chi connectivity index (χ0n) is 8.18. The second kappa shape index (κ2) is 3.66. The number of carbonyl (C=O) groups excluding carboxylic acids is 1. The Labute approximate surface area is 79.3 Å². The molecule has 1 aliphatic carbocycles. The largest absolute Gasteiger partial charge is 0.352 e. The smallest absolute Gasteiger partial charge is 0.237 e. The average molecular weight is 182 g/mol. The molecule has 0 spiro atoms. The number of amides is 1. The van der Waals surface area contributed by atoms with Crippen LogP contribution in [0.5, 0.6) is 0 Å². The quantitative estimate of drug-likeness (QED) is 0.673. The van der Waals surface area contributed by atoms with Crippen LogP contribution >= 0.6 is 0 Å². The second-order valence-electron chi connectivity index (χ2n) is 4.28. The van der Waals surface area contributed by atoms with Gasteiger partial charge in [-0.15, -0.1) is 0 Å². The van der Waals surface area contributed by atoms with Crippen molar-refractivity contribution in [1.29, 1.82) is 0 Å². The standard InChI is InChI=1S/C10H18N2O/c1-7(8-4-5-8)12-10(13)9-3-2-6-11-9/h7-9,11H,2-6H2,1H3,(H,12,13). The van der Waals surface area contributed by atoms with Crippen LogP contribution in [0.3, 0.4) is 0 Å². The van der Waals surface area contributed by atoms with E-state index in [4.69, 9.17) is 0 Å². The van der Waals surface area contributed by atoms with Crippen LogP contribution in [0, 0.1) is 5.92 Å². The van der Waals surface area contributed by atoms with Crippen LogP contribution in [0.2, 0.25) is 0 Å². The molecule has 2 fully saturated rings. The first-order chi connectivity index (χ1) is 6.27. The van der Waals surface area contributed by atoms with E-state index in [1.165, 1.54) is 12.8 Å². The molecule has 0 aromatic heterocycles. The molecule has 2 rings (SSSR count). The first kappa shape index (κ1) is 9.00. The Kier molecular flexibility index (Phi) is 2.54. The van der Waals surface area contributed by atoms with Crippen LogP contribution < -0.4 is 10.6 Å². The summed E-state index contributed by atoms with van der Waals surface area (Å²) in [6.45, 7) is 3.11. The summed E-state index contributed by atoms with van der Waals surface area (Å²) in [4.78, 5) is 11.6. The van der Waals surface area contributed by atoms with Gasteiger partial charge in [-0.05, 0) is 45.1 Å². The second-order valence-corrected chi connectivity index (χ2v) is 4.28. The molecule has 3 heteroatoms. The predicted molar refractivity (Wildman–Crippen MR) is 51.4 cm³/mol. The molecule has 2 aliphatic rings. The van der Waals surface area contributed by atoms with Crippen LogP contribution in [-0.4, -0.2) is 24.5 Å². The lowest BCUT2D eigenvalue weighted by molar-refractivity contribution is -0.123. The van der Waals surface area contributed by atoms with Crippen molar-refractivity contribution in [3.8, 4) is 0 Å². The number of carbonyl (C=O) groups is 1. The lowest BCUT2D eigenvalue weighted by Crippen LogP contribution is -2.44. The highest BCUT2D eigenvalue weighted by Crippen LogP contribution is 2.32. The van der Waals surface area contributed by atoms with E-state index in [1.54, 1.807) is 0 Å². The molecule has 0 bridgehead atoms. The van der Waals surface area contributed by atoms with E-state index >= 15 is 0 Å². The minimum Gasteiger partial charge on any atom is -0.352 e. The van der Waals surface area contributed by atoms with Crippen molar-refractivity contribution in [2.45, 2.75) is 44.7 Å². The minimum atomic E-state index is 0.0844. The zero-order valence-corrected chi connectivity index (χ0v) is 8.18. The van der Waals surface area contributed by atoms with Gasteiger partial charge in [0.1, 0.15) is 0 Å². The molecule has 1 amide bonds. The van der Waals surface area contributed by atoms with Gasteiger partial charge in [0.15, 0.2) is 0 Å². The fourth-order valence-corrected chi connectivity index (χ4v) is 1.95. The van der Waals surface area contributed by atoms with Gasteiger partial charge in [0.25, 0.3) is 0 Å². The third-order valence-electron chi connectivity index (χ3n) is 3.08. The van der Waals surface area contributed by atoms with Gasteiger partial charge in [0, 0.05) is 6.04 Å². The lowest BCUT2D eigenvalue weighted by atomic mass is 10.1. The molecule has 13 heavy (non-hydrogen) atoms. The van der Waals surface area contributed by atoms with Gasteiger partial charge in [-0.2, -0.15) is 0 Å². The molecule has 2 N–H and O–H groups in total. The Morgan fingerprint density at radius 1 is 1.46 bits per heavy atom. The summed E-state index contributed by atoms with van der Waals surface area (Å²) >= 11 is 0. The summed E-state index contributed by atoms with van der Waals surface area (Å²) < 4.78 is 0. The third kappa shape index (κ3) is 2.21. The first-order valence-electron chi connectivity index (χ1n) is 5.31. The maximum atomic E-state index is 11.6. The van der Waals surface area contributed by atoms with Crippen molar-refractivity contribution in [2.24, 2.45) is 5.92 Å². The average Bonchev–Trinajstić information content (AvgIpc) is 2.81. The molecule has 0 aromatic carbocycles. The Balaban J connectivity index is 1.76. The topological polar surface area (TPSA) is 41.1 Å². The highest BCUT2D eigenvalue weighted by atomic mass is 16.2. The van der Waals surface area contributed by atoms with Gasteiger partial charge in [-0.25, -0.2) is 0 Å². The van der Waals surface area contributed by atoms with Crippen molar-refractivity contribution >= 4 is 5.91 Å². The van der Waals surface area contributed by atoms with E-state index < -0.39 is 0 Å². The summed E-state index contributed by atoms with van der Waals surface area (Å²) in [6, 6.07) is 0.469. The molecule has 0 radical (unpaired) electrons. The zero-order chi connectivity index (χ0) is 9.26.